The van der Waals surface area contributed by atoms with Gasteiger partial charge in [0, 0.05) is 12.1 Å². The normalized spacial score (nSPS) is 17.1. The van der Waals surface area contributed by atoms with Crippen molar-refractivity contribution in [3.63, 3.8) is 0 Å². The third-order valence-corrected chi connectivity index (χ3v) is 3.26. The number of rotatable bonds is 2. The minimum Gasteiger partial charge on any atom is -0.486 e. The molecule has 6 heteroatoms. The molecule has 19 heavy (non-hydrogen) atoms. The van der Waals surface area contributed by atoms with Gasteiger partial charge < -0.3 is 19.5 Å². The minimum atomic E-state index is -1.01. The molecule has 1 aromatic rings. The van der Waals surface area contributed by atoms with Crippen molar-refractivity contribution in [1.82, 2.24) is 4.90 Å². The molecule has 0 saturated carbocycles. The predicted molar refractivity (Wildman–Crippen MR) is 64.7 cm³/mol. The molecule has 3 rings (SSSR count). The smallest absolute Gasteiger partial charge is 0.323 e. The average Bonchev–Trinajstić information content (AvgIpc) is 2.40. The van der Waals surface area contributed by atoms with Gasteiger partial charge in [-0.15, -0.1) is 0 Å². The maximum atomic E-state index is 12.2. The molecule has 0 fully saturated rings. The number of amides is 1. The van der Waals surface area contributed by atoms with Crippen LogP contribution in [0.5, 0.6) is 11.5 Å². The van der Waals surface area contributed by atoms with Gasteiger partial charge in [-0.25, -0.2) is 0 Å². The summed E-state index contributed by atoms with van der Waals surface area (Å²) >= 11 is 0. The highest BCUT2D eigenvalue weighted by molar-refractivity contribution is 5.98. The zero-order valence-electron chi connectivity index (χ0n) is 10.2. The van der Waals surface area contributed by atoms with E-state index < -0.39 is 5.97 Å². The van der Waals surface area contributed by atoms with E-state index >= 15 is 0 Å². The topological polar surface area (TPSA) is 76.1 Å². The minimum absolute atomic E-state index is 0.263. The van der Waals surface area contributed by atoms with Crippen LogP contribution in [-0.2, 0) is 11.2 Å². The van der Waals surface area contributed by atoms with Crippen LogP contribution in [0.1, 0.15) is 15.9 Å². The van der Waals surface area contributed by atoms with Crippen molar-refractivity contribution in [3.05, 3.63) is 23.3 Å². The Morgan fingerprint density at radius 2 is 1.95 bits per heavy atom. The van der Waals surface area contributed by atoms with Crippen LogP contribution >= 0.6 is 0 Å². The number of nitrogens with zero attached hydrogens (tertiary/aromatic N) is 1. The second-order valence-corrected chi connectivity index (χ2v) is 4.52. The largest absolute Gasteiger partial charge is 0.486 e. The summed E-state index contributed by atoms with van der Waals surface area (Å²) in [5.41, 5.74) is 1.40. The first kappa shape index (κ1) is 11.8. The van der Waals surface area contributed by atoms with Crippen LogP contribution in [0, 0.1) is 0 Å². The third-order valence-electron chi connectivity index (χ3n) is 3.26. The SMILES string of the molecule is O=C(O)CN1CCc2cc3c(cc2C1=O)OCCO3. The van der Waals surface area contributed by atoms with Gasteiger partial charge in [-0.1, -0.05) is 0 Å². The van der Waals surface area contributed by atoms with Crippen LogP contribution in [0.3, 0.4) is 0 Å². The van der Waals surface area contributed by atoms with Crippen LogP contribution < -0.4 is 9.47 Å². The Morgan fingerprint density at radius 1 is 1.26 bits per heavy atom. The number of ether oxygens (including phenoxy) is 2. The van der Waals surface area contributed by atoms with E-state index in [-0.39, 0.29) is 12.5 Å². The van der Waals surface area contributed by atoms with Crippen LogP contribution in [-0.4, -0.2) is 48.2 Å². The Bertz CT molecular complexity index is 554. The summed E-state index contributed by atoms with van der Waals surface area (Å²) in [4.78, 5) is 24.3. The molecule has 0 radical (unpaired) electrons. The Hall–Kier alpha value is -2.24. The summed E-state index contributed by atoms with van der Waals surface area (Å²) < 4.78 is 10.9. The van der Waals surface area contributed by atoms with Crippen molar-refractivity contribution in [3.8, 4) is 11.5 Å². The van der Waals surface area contributed by atoms with Gasteiger partial charge in [-0.2, -0.15) is 0 Å². The average molecular weight is 263 g/mol. The highest BCUT2D eigenvalue weighted by Gasteiger charge is 2.28. The number of hydrogen-bond acceptors (Lipinski definition) is 4. The summed E-state index contributed by atoms with van der Waals surface area (Å²) in [6, 6.07) is 3.47. The van der Waals surface area contributed by atoms with Crippen molar-refractivity contribution >= 4 is 11.9 Å². The van der Waals surface area contributed by atoms with Gasteiger partial charge in [0.2, 0.25) is 0 Å². The number of carbonyl (C=O) groups excluding carboxylic acids is 1. The molecule has 0 spiro atoms. The van der Waals surface area contributed by atoms with Gasteiger partial charge in [0.25, 0.3) is 5.91 Å². The fraction of sp³-hybridized carbons (Fsp3) is 0.385. The second-order valence-electron chi connectivity index (χ2n) is 4.52. The zero-order chi connectivity index (χ0) is 13.4. The van der Waals surface area contributed by atoms with E-state index in [0.717, 1.165) is 5.56 Å². The van der Waals surface area contributed by atoms with Gasteiger partial charge in [0.1, 0.15) is 19.8 Å². The van der Waals surface area contributed by atoms with E-state index in [1.807, 2.05) is 6.07 Å². The van der Waals surface area contributed by atoms with E-state index in [9.17, 15) is 9.59 Å². The highest BCUT2D eigenvalue weighted by Crippen LogP contribution is 2.35. The number of carboxylic acids is 1. The molecule has 2 aliphatic heterocycles. The first-order chi connectivity index (χ1) is 9.15. The predicted octanol–water partition coefficient (Wildman–Crippen LogP) is 0.541. The van der Waals surface area contributed by atoms with Crippen LogP contribution in [0.4, 0.5) is 0 Å². The number of carboxylic acid groups (broad SMARTS) is 1. The van der Waals surface area contributed by atoms with E-state index in [4.69, 9.17) is 14.6 Å². The maximum absolute atomic E-state index is 12.2. The first-order valence-corrected chi connectivity index (χ1v) is 6.09. The van der Waals surface area contributed by atoms with Crippen molar-refractivity contribution in [2.75, 3.05) is 26.3 Å². The molecule has 100 valence electrons. The molecule has 1 aromatic carbocycles. The molecule has 0 aliphatic carbocycles. The number of fused-ring (bicyclic) bond motifs is 2. The number of carbonyl (C=O) groups is 2. The fourth-order valence-electron chi connectivity index (χ4n) is 2.38. The quantitative estimate of drug-likeness (QED) is 0.842. The molecule has 0 unspecified atom stereocenters. The van der Waals surface area contributed by atoms with Crippen molar-refractivity contribution in [2.24, 2.45) is 0 Å². The lowest BCUT2D eigenvalue weighted by Gasteiger charge is -2.29. The maximum Gasteiger partial charge on any atom is 0.323 e. The van der Waals surface area contributed by atoms with Gasteiger partial charge in [-0.05, 0) is 24.1 Å². The molecule has 0 bridgehead atoms. The summed E-state index contributed by atoms with van der Waals surface area (Å²) in [6.07, 6.45) is 0.630. The van der Waals surface area contributed by atoms with Crippen molar-refractivity contribution in [2.45, 2.75) is 6.42 Å². The summed E-state index contributed by atoms with van der Waals surface area (Å²) in [5, 5.41) is 8.78. The molecular weight excluding hydrogens is 250 g/mol. The van der Waals surface area contributed by atoms with Crippen LogP contribution in [0.2, 0.25) is 0 Å². The Labute approximate surface area is 109 Å². The van der Waals surface area contributed by atoms with Crippen LogP contribution in [0.25, 0.3) is 0 Å². The molecule has 0 saturated heterocycles. The van der Waals surface area contributed by atoms with Gasteiger partial charge in [0.05, 0.1) is 0 Å². The summed E-state index contributed by atoms with van der Waals surface area (Å²) in [5.74, 6) is -0.0602. The van der Waals surface area contributed by atoms with Gasteiger partial charge >= 0.3 is 5.97 Å². The Balaban J connectivity index is 1.95. The lowest BCUT2D eigenvalue weighted by atomic mass is 9.98. The number of aliphatic carboxylic acids is 1. The summed E-state index contributed by atoms with van der Waals surface area (Å²) in [7, 11) is 0. The van der Waals surface area contributed by atoms with E-state index in [2.05, 4.69) is 0 Å². The lowest BCUT2D eigenvalue weighted by Crippen LogP contribution is -2.40. The molecule has 0 aromatic heterocycles. The lowest BCUT2D eigenvalue weighted by molar-refractivity contribution is -0.137. The Morgan fingerprint density at radius 3 is 2.63 bits per heavy atom. The zero-order valence-corrected chi connectivity index (χ0v) is 10.2. The van der Waals surface area contributed by atoms with Gasteiger partial charge in [-0.3, -0.25) is 9.59 Å². The highest BCUT2D eigenvalue weighted by atomic mass is 16.6. The van der Waals surface area contributed by atoms with E-state index in [1.54, 1.807) is 6.07 Å². The fourth-order valence-corrected chi connectivity index (χ4v) is 2.38. The van der Waals surface area contributed by atoms with Crippen molar-refractivity contribution < 1.29 is 24.2 Å². The van der Waals surface area contributed by atoms with Crippen LogP contribution in [0.15, 0.2) is 12.1 Å². The molecule has 1 N–H and O–H groups in total. The monoisotopic (exact) mass is 263 g/mol. The molecule has 2 heterocycles. The number of benzene rings is 1. The third kappa shape index (κ3) is 2.09. The second kappa shape index (κ2) is 4.46. The van der Waals surface area contributed by atoms with Gasteiger partial charge in [0.15, 0.2) is 11.5 Å². The molecule has 1 amide bonds. The van der Waals surface area contributed by atoms with E-state index in [1.165, 1.54) is 4.90 Å². The standard InChI is InChI=1S/C13H13NO5/c15-12(16)7-14-2-1-8-5-10-11(19-4-3-18-10)6-9(8)13(14)17/h5-6H,1-4,7H2,(H,15,16). The summed E-state index contributed by atoms with van der Waals surface area (Å²) in [6.45, 7) is 1.11. The van der Waals surface area contributed by atoms with E-state index in [0.29, 0.717) is 43.2 Å². The number of hydrogen-bond donors (Lipinski definition) is 1. The first-order valence-electron chi connectivity index (χ1n) is 6.09. The molecule has 6 nitrogen and oxygen atoms in total. The molecule has 0 atom stereocenters. The molecular formula is C13H13NO5. The van der Waals surface area contributed by atoms with Crippen molar-refractivity contribution in [1.29, 1.82) is 0 Å². The Kier molecular flexibility index (Phi) is 2.77. The molecule has 2 aliphatic rings.